The monoisotopic (exact) mass is 320 g/mol. The van der Waals surface area contributed by atoms with E-state index in [2.05, 4.69) is 22.5 Å². The molecule has 1 aromatic heterocycles. The number of halogens is 1. The second-order valence-corrected chi connectivity index (χ2v) is 6.91. The number of hydrogen-bond acceptors (Lipinski definition) is 3. The highest BCUT2D eigenvalue weighted by molar-refractivity contribution is 9.11. The summed E-state index contributed by atoms with van der Waals surface area (Å²) in [4.78, 5) is 11.6. The maximum atomic E-state index is 11.9. The number of rotatable bonds is 4. The second kappa shape index (κ2) is 5.16. The maximum Gasteiger partial charge on any atom is 0.250 e. The van der Waals surface area contributed by atoms with E-state index in [1.165, 1.54) is 37.0 Å². The van der Waals surface area contributed by atoms with Gasteiger partial charge in [0.05, 0.1) is 11.4 Å². The van der Waals surface area contributed by atoms with Gasteiger partial charge in [0.25, 0.3) is 5.56 Å². The molecule has 0 N–H and O–H groups in total. The third kappa shape index (κ3) is 3.27. The van der Waals surface area contributed by atoms with Crippen molar-refractivity contribution in [3.8, 4) is 0 Å². The smallest absolute Gasteiger partial charge is 0.250 e. The molecule has 0 aliphatic rings. The molecule has 0 aromatic carbocycles. The molecule has 0 spiro atoms. The second-order valence-electron chi connectivity index (χ2n) is 3.64. The van der Waals surface area contributed by atoms with Crippen LogP contribution in [0.4, 0.5) is 0 Å². The van der Waals surface area contributed by atoms with Gasteiger partial charge in [-0.25, -0.2) is 12.7 Å². The van der Waals surface area contributed by atoms with Crippen molar-refractivity contribution in [2.24, 2.45) is 0 Å². The first kappa shape index (κ1) is 14.1. The largest absolute Gasteiger partial charge is 0.309 e. The zero-order chi connectivity index (χ0) is 13.2. The minimum absolute atomic E-state index is 0.0795. The normalized spacial score (nSPS) is 11.8. The number of pyridine rings is 1. The molecule has 1 heterocycles. The van der Waals surface area contributed by atoms with Crippen LogP contribution in [0.1, 0.15) is 0 Å². The first-order chi connectivity index (χ1) is 7.75. The molecule has 0 aliphatic carbocycles. The van der Waals surface area contributed by atoms with Gasteiger partial charge < -0.3 is 4.57 Å². The number of nitrogens with zero attached hydrogens (tertiary/aromatic N) is 2. The molecule has 94 valence electrons. The standard InChI is InChI=1S/C10H13BrN2O3S/c1-8(11)6-13-7-9(4-5-10(13)14)17(15,16)12(2)3/h4-5,7H,1,6H2,2-3H3. The lowest BCUT2D eigenvalue weighted by atomic mass is 10.4. The molecule has 0 aliphatic heterocycles. The fraction of sp³-hybridized carbons (Fsp3) is 0.300. The molecule has 17 heavy (non-hydrogen) atoms. The van der Waals surface area contributed by atoms with Crippen LogP contribution in [0.5, 0.6) is 0 Å². The highest BCUT2D eigenvalue weighted by Crippen LogP contribution is 2.12. The van der Waals surface area contributed by atoms with Crippen LogP contribution < -0.4 is 5.56 Å². The molecule has 1 rings (SSSR count). The molecule has 0 saturated carbocycles. The lowest BCUT2D eigenvalue weighted by Gasteiger charge is -2.12. The van der Waals surface area contributed by atoms with E-state index in [1.54, 1.807) is 0 Å². The van der Waals surface area contributed by atoms with Crippen molar-refractivity contribution < 1.29 is 8.42 Å². The maximum absolute atomic E-state index is 11.9. The van der Waals surface area contributed by atoms with Gasteiger partial charge in [0.1, 0.15) is 0 Å². The van der Waals surface area contributed by atoms with Crippen LogP contribution in [0.25, 0.3) is 0 Å². The lowest BCUT2D eigenvalue weighted by Crippen LogP contribution is -2.26. The third-order valence-corrected chi connectivity index (χ3v) is 4.13. The van der Waals surface area contributed by atoms with Crippen LogP contribution in [0, 0.1) is 0 Å². The molecule has 0 bridgehead atoms. The van der Waals surface area contributed by atoms with Gasteiger partial charge in [-0.3, -0.25) is 4.79 Å². The summed E-state index contributed by atoms with van der Waals surface area (Å²) in [6.07, 6.45) is 1.31. The van der Waals surface area contributed by atoms with E-state index < -0.39 is 10.0 Å². The van der Waals surface area contributed by atoms with Crippen molar-refractivity contribution in [3.05, 3.63) is 39.7 Å². The Hall–Kier alpha value is -0.920. The van der Waals surface area contributed by atoms with E-state index >= 15 is 0 Å². The van der Waals surface area contributed by atoms with Crippen molar-refractivity contribution in [2.75, 3.05) is 14.1 Å². The Morgan fingerprint density at radius 1 is 1.47 bits per heavy atom. The SMILES string of the molecule is C=C(Br)Cn1cc(S(=O)(=O)N(C)C)ccc1=O. The highest BCUT2D eigenvalue weighted by atomic mass is 79.9. The van der Waals surface area contributed by atoms with Gasteiger partial charge >= 0.3 is 0 Å². The van der Waals surface area contributed by atoms with Gasteiger partial charge in [-0.2, -0.15) is 0 Å². The Morgan fingerprint density at radius 2 is 2.06 bits per heavy atom. The summed E-state index contributed by atoms with van der Waals surface area (Å²) in [5.74, 6) is 0. The molecule has 7 heteroatoms. The fourth-order valence-electron chi connectivity index (χ4n) is 1.18. The third-order valence-electron chi connectivity index (χ3n) is 2.08. The molecule has 0 fully saturated rings. The minimum Gasteiger partial charge on any atom is -0.309 e. The zero-order valence-corrected chi connectivity index (χ0v) is 12.0. The van der Waals surface area contributed by atoms with E-state index in [1.807, 2.05) is 0 Å². The Kier molecular flexibility index (Phi) is 4.29. The van der Waals surface area contributed by atoms with E-state index in [9.17, 15) is 13.2 Å². The van der Waals surface area contributed by atoms with E-state index in [0.717, 1.165) is 4.31 Å². The Balaban J connectivity index is 3.31. The van der Waals surface area contributed by atoms with Crippen molar-refractivity contribution in [3.63, 3.8) is 0 Å². The Bertz CT molecular complexity index is 590. The van der Waals surface area contributed by atoms with E-state index in [-0.39, 0.29) is 17.0 Å². The average molecular weight is 321 g/mol. The molecule has 0 radical (unpaired) electrons. The number of aromatic nitrogens is 1. The molecule has 5 nitrogen and oxygen atoms in total. The fourth-order valence-corrected chi connectivity index (χ4v) is 2.37. The topological polar surface area (TPSA) is 59.4 Å². The first-order valence-electron chi connectivity index (χ1n) is 4.71. The summed E-state index contributed by atoms with van der Waals surface area (Å²) in [5.41, 5.74) is -0.275. The molecule has 1 aromatic rings. The molecular weight excluding hydrogens is 308 g/mol. The minimum atomic E-state index is -3.52. The number of sulfonamides is 1. The Labute approximate surface area is 109 Å². The van der Waals surface area contributed by atoms with Gasteiger partial charge in [-0.15, -0.1) is 0 Å². The summed E-state index contributed by atoms with van der Waals surface area (Å²) >= 11 is 3.14. The van der Waals surface area contributed by atoms with Crippen molar-refractivity contribution in [1.82, 2.24) is 8.87 Å². The van der Waals surface area contributed by atoms with Crippen LogP contribution in [0.15, 0.2) is 39.1 Å². The van der Waals surface area contributed by atoms with Gasteiger partial charge in [0.2, 0.25) is 10.0 Å². The molecule has 0 saturated heterocycles. The van der Waals surface area contributed by atoms with Crippen LogP contribution in [0.3, 0.4) is 0 Å². The van der Waals surface area contributed by atoms with Gasteiger partial charge in [-0.05, 0) is 6.07 Å². The van der Waals surface area contributed by atoms with Gasteiger partial charge in [0, 0.05) is 30.8 Å². The number of hydrogen-bond donors (Lipinski definition) is 0. The summed E-state index contributed by atoms with van der Waals surface area (Å²) in [6.45, 7) is 3.85. The van der Waals surface area contributed by atoms with Crippen LogP contribution >= 0.6 is 15.9 Å². The van der Waals surface area contributed by atoms with E-state index in [4.69, 9.17) is 0 Å². The Morgan fingerprint density at radius 3 is 2.53 bits per heavy atom. The predicted octanol–water partition coefficient (Wildman–Crippen LogP) is 1.01. The zero-order valence-electron chi connectivity index (χ0n) is 9.55. The molecule has 0 unspecified atom stereocenters. The highest BCUT2D eigenvalue weighted by Gasteiger charge is 2.17. The van der Waals surface area contributed by atoms with Crippen LogP contribution in [-0.2, 0) is 16.6 Å². The quantitative estimate of drug-likeness (QED) is 0.831. The molecular formula is C10H13BrN2O3S. The van der Waals surface area contributed by atoms with E-state index in [0.29, 0.717) is 4.48 Å². The predicted molar refractivity (Wildman–Crippen MR) is 69.6 cm³/mol. The van der Waals surface area contributed by atoms with Crippen LogP contribution in [-0.4, -0.2) is 31.4 Å². The van der Waals surface area contributed by atoms with Crippen molar-refractivity contribution in [1.29, 1.82) is 0 Å². The van der Waals surface area contributed by atoms with Crippen molar-refractivity contribution >= 4 is 26.0 Å². The summed E-state index contributed by atoms with van der Waals surface area (Å²) in [7, 11) is -0.646. The summed E-state index contributed by atoms with van der Waals surface area (Å²) < 4.78 is 26.7. The average Bonchev–Trinajstić information content (AvgIpc) is 2.20. The van der Waals surface area contributed by atoms with Crippen LogP contribution in [0.2, 0.25) is 0 Å². The first-order valence-corrected chi connectivity index (χ1v) is 6.95. The molecule has 0 amide bonds. The van der Waals surface area contributed by atoms with Crippen molar-refractivity contribution in [2.45, 2.75) is 11.4 Å². The number of allylic oxidation sites excluding steroid dienone is 1. The summed E-state index contributed by atoms with van der Waals surface area (Å²) in [6, 6.07) is 2.53. The summed E-state index contributed by atoms with van der Waals surface area (Å²) in [5, 5.41) is 0. The lowest BCUT2D eigenvalue weighted by molar-refractivity contribution is 0.519. The molecule has 0 atom stereocenters. The van der Waals surface area contributed by atoms with Gasteiger partial charge in [-0.1, -0.05) is 22.5 Å². The van der Waals surface area contributed by atoms with Gasteiger partial charge in [0.15, 0.2) is 0 Å².